The zero-order valence-corrected chi connectivity index (χ0v) is 9.59. The number of likely N-dealkylation sites (tertiary alicyclic amines) is 1. The van der Waals surface area contributed by atoms with Crippen LogP contribution in [0.5, 0.6) is 0 Å². The van der Waals surface area contributed by atoms with E-state index in [1.165, 1.54) is 32.5 Å². The topological polar surface area (TPSA) is 24.5 Å². The van der Waals surface area contributed by atoms with Crippen molar-refractivity contribution in [3.05, 3.63) is 0 Å². The van der Waals surface area contributed by atoms with Gasteiger partial charge in [-0.05, 0) is 58.4 Å². The van der Waals surface area contributed by atoms with E-state index >= 15 is 0 Å². The average Bonchev–Trinajstić information content (AvgIpc) is 2.21. The maximum Gasteiger partial charge on any atom is 0.0474 e. The van der Waals surface area contributed by atoms with Crippen molar-refractivity contribution in [2.45, 2.75) is 19.3 Å². The fraction of sp³-hybridized carbons (Fsp3) is 1.00. The molecular formula is C11H24N2O. The van der Waals surface area contributed by atoms with Crippen molar-refractivity contribution in [3.8, 4) is 0 Å². The number of nitrogens with one attached hydrogen (secondary N) is 1. The molecule has 0 aliphatic carbocycles. The summed E-state index contributed by atoms with van der Waals surface area (Å²) >= 11 is 0. The Bertz CT molecular complexity index is 133. The van der Waals surface area contributed by atoms with Gasteiger partial charge in [0.25, 0.3) is 0 Å². The molecule has 1 N–H and O–H groups in total. The predicted molar refractivity (Wildman–Crippen MR) is 59.6 cm³/mol. The van der Waals surface area contributed by atoms with Gasteiger partial charge in [0.05, 0.1) is 0 Å². The summed E-state index contributed by atoms with van der Waals surface area (Å²) < 4.78 is 5.00. The summed E-state index contributed by atoms with van der Waals surface area (Å²) in [6.45, 7) is 5.70. The van der Waals surface area contributed by atoms with Crippen LogP contribution >= 0.6 is 0 Å². The minimum Gasteiger partial charge on any atom is -0.385 e. The highest BCUT2D eigenvalue weighted by molar-refractivity contribution is 4.71. The molecule has 0 aromatic heterocycles. The lowest BCUT2D eigenvalue weighted by Gasteiger charge is -2.29. The van der Waals surface area contributed by atoms with Crippen LogP contribution < -0.4 is 5.32 Å². The highest BCUT2D eigenvalue weighted by atomic mass is 16.5. The van der Waals surface area contributed by atoms with Gasteiger partial charge in [0, 0.05) is 13.7 Å². The maximum absolute atomic E-state index is 5.00. The SMILES string of the molecule is COCCCNCC1CCN(C)CC1. The van der Waals surface area contributed by atoms with E-state index < -0.39 is 0 Å². The summed E-state index contributed by atoms with van der Waals surface area (Å²) in [5.74, 6) is 0.897. The minimum absolute atomic E-state index is 0.875. The lowest BCUT2D eigenvalue weighted by molar-refractivity contribution is 0.190. The Morgan fingerprint density at radius 1 is 1.36 bits per heavy atom. The Balaban J connectivity index is 1.91. The van der Waals surface area contributed by atoms with Crippen LogP contribution in [-0.2, 0) is 4.74 Å². The fourth-order valence-corrected chi connectivity index (χ4v) is 1.91. The van der Waals surface area contributed by atoms with Crippen LogP contribution in [0.15, 0.2) is 0 Å². The van der Waals surface area contributed by atoms with Gasteiger partial charge in [0.15, 0.2) is 0 Å². The molecule has 1 saturated heterocycles. The van der Waals surface area contributed by atoms with Crippen molar-refractivity contribution in [3.63, 3.8) is 0 Å². The number of rotatable bonds is 6. The first-order valence-corrected chi connectivity index (χ1v) is 5.71. The summed E-state index contributed by atoms with van der Waals surface area (Å²) in [6.07, 6.45) is 3.84. The van der Waals surface area contributed by atoms with E-state index in [1.54, 1.807) is 7.11 Å². The zero-order valence-electron chi connectivity index (χ0n) is 9.59. The maximum atomic E-state index is 5.00. The molecule has 0 aromatic carbocycles. The number of hydrogen-bond donors (Lipinski definition) is 1. The molecule has 1 fully saturated rings. The van der Waals surface area contributed by atoms with Gasteiger partial charge in [-0.1, -0.05) is 0 Å². The quantitative estimate of drug-likeness (QED) is 0.646. The second-order valence-corrected chi connectivity index (χ2v) is 4.30. The second kappa shape index (κ2) is 7.21. The van der Waals surface area contributed by atoms with E-state index in [0.29, 0.717) is 0 Å². The number of piperidine rings is 1. The molecule has 0 aromatic rings. The normalized spacial score (nSPS) is 20.1. The first-order valence-electron chi connectivity index (χ1n) is 5.71. The van der Waals surface area contributed by atoms with Crippen molar-refractivity contribution < 1.29 is 4.74 Å². The van der Waals surface area contributed by atoms with Gasteiger partial charge in [0.2, 0.25) is 0 Å². The van der Waals surface area contributed by atoms with Crippen LogP contribution in [0.2, 0.25) is 0 Å². The van der Waals surface area contributed by atoms with Crippen molar-refractivity contribution in [1.82, 2.24) is 10.2 Å². The Labute approximate surface area is 87.8 Å². The van der Waals surface area contributed by atoms with Crippen LogP contribution in [0.3, 0.4) is 0 Å². The van der Waals surface area contributed by atoms with Gasteiger partial charge in [-0.25, -0.2) is 0 Å². The Kier molecular flexibility index (Phi) is 6.15. The van der Waals surface area contributed by atoms with Crippen molar-refractivity contribution in [2.75, 3.05) is 46.9 Å². The largest absolute Gasteiger partial charge is 0.385 e. The molecule has 1 aliphatic heterocycles. The highest BCUT2D eigenvalue weighted by Gasteiger charge is 2.15. The van der Waals surface area contributed by atoms with Gasteiger partial charge in [-0.2, -0.15) is 0 Å². The number of nitrogens with zero attached hydrogens (tertiary/aromatic N) is 1. The molecule has 0 radical (unpaired) electrons. The highest BCUT2D eigenvalue weighted by Crippen LogP contribution is 2.14. The van der Waals surface area contributed by atoms with E-state index in [1.807, 2.05) is 0 Å². The van der Waals surface area contributed by atoms with Gasteiger partial charge in [-0.3, -0.25) is 0 Å². The van der Waals surface area contributed by atoms with Crippen LogP contribution in [-0.4, -0.2) is 51.8 Å². The molecule has 1 aliphatic rings. The fourth-order valence-electron chi connectivity index (χ4n) is 1.91. The smallest absolute Gasteiger partial charge is 0.0474 e. The van der Waals surface area contributed by atoms with E-state index in [0.717, 1.165) is 25.5 Å². The molecule has 0 spiro atoms. The molecule has 0 saturated carbocycles. The summed E-state index contributed by atoms with van der Waals surface area (Å²) in [4.78, 5) is 2.42. The second-order valence-electron chi connectivity index (χ2n) is 4.30. The molecule has 14 heavy (non-hydrogen) atoms. The molecule has 0 bridgehead atoms. The van der Waals surface area contributed by atoms with E-state index in [4.69, 9.17) is 4.74 Å². The standard InChI is InChI=1S/C11H24N2O/c1-13-7-4-11(5-8-13)10-12-6-3-9-14-2/h11-12H,3-10H2,1-2H3. The first kappa shape index (κ1) is 12.0. The van der Waals surface area contributed by atoms with Crippen molar-refractivity contribution in [2.24, 2.45) is 5.92 Å². The lowest BCUT2D eigenvalue weighted by Crippen LogP contribution is -2.35. The molecule has 84 valence electrons. The molecule has 1 rings (SSSR count). The summed E-state index contributed by atoms with van der Waals surface area (Å²) in [6, 6.07) is 0. The summed E-state index contributed by atoms with van der Waals surface area (Å²) in [7, 11) is 3.97. The summed E-state index contributed by atoms with van der Waals surface area (Å²) in [5, 5.41) is 3.51. The third-order valence-electron chi connectivity index (χ3n) is 2.97. The Morgan fingerprint density at radius 3 is 2.71 bits per heavy atom. The van der Waals surface area contributed by atoms with E-state index in [-0.39, 0.29) is 0 Å². The van der Waals surface area contributed by atoms with Crippen LogP contribution in [0, 0.1) is 5.92 Å². The average molecular weight is 200 g/mol. The van der Waals surface area contributed by atoms with Gasteiger partial charge in [0.1, 0.15) is 0 Å². The van der Waals surface area contributed by atoms with Crippen LogP contribution in [0.1, 0.15) is 19.3 Å². The molecular weight excluding hydrogens is 176 g/mol. The zero-order chi connectivity index (χ0) is 10.2. The molecule has 0 unspecified atom stereocenters. The minimum atomic E-state index is 0.875. The Morgan fingerprint density at radius 2 is 2.07 bits per heavy atom. The van der Waals surface area contributed by atoms with Crippen LogP contribution in [0.25, 0.3) is 0 Å². The molecule has 1 heterocycles. The van der Waals surface area contributed by atoms with Crippen LogP contribution in [0.4, 0.5) is 0 Å². The number of ether oxygens (including phenoxy) is 1. The first-order chi connectivity index (χ1) is 6.83. The molecule has 0 atom stereocenters. The number of methoxy groups -OCH3 is 1. The lowest BCUT2D eigenvalue weighted by atomic mass is 9.97. The molecule has 0 amide bonds. The molecule has 3 nitrogen and oxygen atoms in total. The third kappa shape index (κ3) is 4.94. The predicted octanol–water partition coefficient (Wildman–Crippen LogP) is 0.954. The van der Waals surface area contributed by atoms with Gasteiger partial charge < -0.3 is 15.0 Å². The monoisotopic (exact) mass is 200 g/mol. The third-order valence-corrected chi connectivity index (χ3v) is 2.97. The van der Waals surface area contributed by atoms with Gasteiger partial charge >= 0.3 is 0 Å². The van der Waals surface area contributed by atoms with E-state index in [9.17, 15) is 0 Å². The van der Waals surface area contributed by atoms with Crippen molar-refractivity contribution in [1.29, 1.82) is 0 Å². The van der Waals surface area contributed by atoms with E-state index in [2.05, 4.69) is 17.3 Å². The van der Waals surface area contributed by atoms with Gasteiger partial charge in [-0.15, -0.1) is 0 Å². The summed E-state index contributed by atoms with van der Waals surface area (Å²) in [5.41, 5.74) is 0. The Hall–Kier alpha value is -0.120. The molecule has 3 heteroatoms. The van der Waals surface area contributed by atoms with Crippen molar-refractivity contribution >= 4 is 0 Å². The number of hydrogen-bond acceptors (Lipinski definition) is 3.